The summed E-state index contributed by atoms with van der Waals surface area (Å²) in [6.07, 6.45) is -4.61. The van der Waals surface area contributed by atoms with Crippen molar-refractivity contribution < 1.29 is 22.7 Å². The highest BCUT2D eigenvalue weighted by Crippen LogP contribution is 2.41. The van der Waals surface area contributed by atoms with E-state index in [2.05, 4.69) is 5.32 Å². The highest BCUT2D eigenvalue weighted by atomic mass is 19.4. The van der Waals surface area contributed by atoms with Crippen molar-refractivity contribution in [3.8, 4) is 0 Å². The van der Waals surface area contributed by atoms with Gasteiger partial charge in [0.05, 0.1) is 5.56 Å². The van der Waals surface area contributed by atoms with Crippen LogP contribution in [-0.2, 0) is 26.8 Å². The molecule has 0 heterocycles. The zero-order valence-corrected chi connectivity index (χ0v) is 22.3. The summed E-state index contributed by atoms with van der Waals surface area (Å²) in [5.74, 6) is -0.623. The van der Waals surface area contributed by atoms with Gasteiger partial charge in [0.1, 0.15) is 5.54 Å². The van der Waals surface area contributed by atoms with E-state index in [1.165, 1.54) is 19.2 Å². The van der Waals surface area contributed by atoms with Gasteiger partial charge in [0, 0.05) is 7.11 Å². The van der Waals surface area contributed by atoms with Crippen LogP contribution < -0.4 is 5.32 Å². The maximum absolute atomic E-state index is 14.9. The number of carbonyl (C=O) groups excluding carboxylic acids is 1. The molecular formula is C35H28F3NO2. The Balaban J connectivity index is 1.79. The van der Waals surface area contributed by atoms with Crippen LogP contribution in [0.3, 0.4) is 0 Å². The Morgan fingerprint density at radius 2 is 0.902 bits per heavy atom. The summed E-state index contributed by atoms with van der Waals surface area (Å²) in [6, 6.07) is 41.8. The van der Waals surface area contributed by atoms with Gasteiger partial charge in [-0.15, -0.1) is 0 Å². The Morgan fingerprint density at radius 3 is 1.29 bits per heavy atom. The molecule has 0 bridgehead atoms. The Hall–Kier alpha value is -4.68. The molecule has 0 aliphatic rings. The molecule has 1 N–H and O–H groups in total. The molecule has 1 unspecified atom stereocenters. The number of nitrogens with one attached hydrogen (secondary N) is 1. The van der Waals surface area contributed by atoms with Crippen molar-refractivity contribution >= 4 is 5.91 Å². The first-order valence-electron chi connectivity index (χ1n) is 13.1. The second-order valence-electron chi connectivity index (χ2n) is 9.63. The van der Waals surface area contributed by atoms with Crippen LogP contribution in [0.15, 0.2) is 146 Å². The molecule has 0 saturated heterocycles. The summed E-state index contributed by atoms with van der Waals surface area (Å²) in [6.45, 7) is 0. The number of hydrogen-bond acceptors (Lipinski definition) is 2. The lowest BCUT2D eigenvalue weighted by atomic mass is 9.75. The highest BCUT2D eigenvalue weighted by molar-refractivity contribution is 5.92. The van der Waals surface area contributed by atoms with Gasteiger partial charge >= 0.3 is 6.18 Å². The Labute approximate surface area is 237 Å². The van der Waals surface area contributed by atoms with E-state index in [0.717, 1.165) is 28.8 Å². The first-order valence-corrected chi connectivity index (χ1v) is 13.1. The van der Waals surface area contributed by atoms with E-state index in [1.54, 1.807) is 30.3 Å². The van der Waals surface area contributed by atoms with E-state index < -0.39 is 28.8 Å². The van der Waals surface area contributed by atoms with Gasteiger partial charge in [-0.2, -0.15) is 13.2 Å². The van der Waals surface area contributed by atoms with Crippen LogP contribution in [0.25, 0.3) is 0 Å². The number of alkyl halides is 3. The average Bonchev–Trinajstić information content (AvgIpc) is 3.02. The number of amides is 1. The molecule has 206 valence electrons. The standard InChI is InChI=1S/C35H28F3NO2/c1-41-34(29-21-12-5-13-22-29,30-23-14-24-31(25-30)35(36,37)38)32(40)39-33(26-15-6-2-7-16-26,27-17-8-3-9-18-27)28-19-10-4-11-20-28/h2-25H,1H3,(H,39,40). The van der Waals surface area contributed by atoms with E-state index in [0.29, 0.717) is 5.56 Å². The van der Waals surface area contributed by atoms with Gasteiger partial charge in [-0.1, -0.05) is 133 Å². The molecule has 6 heteroatoms. The molecule has 5 aromatic carbocycles. The lowest BCUT2D eigenvalue weighted by Gasteiger charge is -2.41. The lowest BCUT2D eigenvalue weighted by molar-refractivity contribution is -0.142. The number of halogens is 3. The highest BCUT2D eigenvalue weighted by Gasteiger charge is 2.48. The topological polar surface area (TPSA) is 38.3 Å². The van der Waals surface area contributed by atoms with Crippen molar-refractivity contribution in [3.63, 3.8) is 0 Å². The van der Waals surface area contributed by atoms with Crippen molar-refractivity contribution in [2.75, 3.05) is 7.11 Å². The third-order valence-electron chi connectivity index (χ3n) is 7.32. The molecule has 5 rings (SSSR count). The molecule has 0 spiro atoms. The third-order valence-corrected chi connectivity index (χ3v) is 7.32. The third kappa shape index (κ3) is 5.14. The molecule has 1 amide bonds. The maximum atomic E-state index is 14.9. The van der Waals surface area contributed by atoms with E-state index in [-0.39, 0.29) is 5.56 Å². The van der Waals surface area contributed by atoms with Crippen LogP contribution >= 0.6 is 0 Å². The molecule has 0 aliphatic carbocycles. The second-order valence-corrected chi connectivity index (χ2v) is 9.63. The van der Waals surface area contributed by atoms with Crippen LogP contribution in [0.4, 0.5) is 13.2 Å². The van der Waals surface area contributed by atoms with Crippen LogP contribution in [-0.4, -0.2) is 13.0 Å². The molecule has 0 aromatic heterocycles. The minimum Gasteiger partial charge on any atom is -0.359 e. The van der Waals surface area contributed by atoms with Crippen LogP contribution in [0.2, 0.25) is 0 Å². The van der Waals surface area contributed by atoms with Gasteiger partial charge in [0.2, 0.25) is 0 Å². The van der Waals surface area contributed by atoms with Gasteiger partial charge in [-0.3, -0.25) is 4.79 Å². The zero-order valence-electron chi connectivity index (χ0n) is 22.3. The van der Waals surface area contributed by atoms with E-state index in [1.807, 2.05) is 91.0 Å². The van der Waals surface area contributed by atoms with Gasteiger partial charge in [0.25, 0.3) is 5.91 Å². The van der Waals surface area contributed by atoms with Gasteiger partial charge in [-0.25, -0.2) is 0 Å². The van der Waals surface area contributed by atoms with E-state index >= 15 is 0 Å². The zero-order chi connectivity index (χ0) is 28.9. The van der Waals surface area contributed by atoms with Crippen molar-refractivity contribution in [3.05, 3.63) is 179 Å². The summed E-state index contributed by atoms with van der Waals surface area (Å²) in [7, 11) is 1.34. The van der Waals surface area contributed by atoms with Crippen molar-refractivity contribution in [2.24, 2.45) is 0 Å². The van der Waals surface area contributed by atoms with Crippen LogP contribution in [0, 0.1) is 0 Å². The molecular weight excluding hydrogens is 523 g/mol. The molecule has 41 heavy (non-hydrogen) atoms. The first kappa shape index (κ1) is 27.9. The largest absolute Gasteiger partial charge is 0.416 e. The maximum Gasteiger partial charge on any atom is 0.416 e. The predicted molar refractivity (Wildman–Crippen MR) is 153 cm³/mol. The monoisotopic (exact) mass is 551 g/mol. The van der Waals surface area contributed by atoms with E-state index in [9.17, 15) is 18.0 Å². The molecule has 1 atom stereocenters. The Kier molecular flexibility index (Phi) is 7.77. The molecule has 0 radical (unpaired) electrons. The van der Waals surface area contributed by atoms with Crippen molar-refractivity contribution in [1.82, 2.24) is 5.32 Å². The molecule has 0 aliphatic heterocycles. The number of methoxy groups -OCH3 is 1. The number of rotatable bonds is 8. The number of hydrogen-bond donors (Lipinski definition) is 1. The fourth-order valence-electron chi connectivity index (χ4n) is 5.38. The summed E-state index contributed by atoms with van der Waals surface area (Å²) >= 11 is 0. The van der Waals surface area contributed by atoms with Gasteiger partial charge < -0.3 is 10.1 Å². The minimum absolute atomic E-state index is 0.0570. The molecule has 3 nitrogen and oxygen atoms in total. The SMILES string of the molecule is COC(C(=O)NC(c1ccccc1)(c1ccccc1)c1ccccc1)(c1ccccc1)c1cccc(C(F)(F)F)c1. The quantitative estimate of drug-likeness (QED) is 0.201. The fourth-order valence-corrected chi connectivity index (χ4v) is 5.38. The lowest BCUT2D eigenvalue weighted by Crippen LogP contribution is -2.56. The molecule has 0 saturated carbocycles. The predicted octanol–water partition coefficient (Wildman–Crippen LogP) is 7.70. The van der Waals surface area contributed by atoms with Gasteiger partial charge in [-0.05, 0) is 39.9 Å². The van der Waals surface area contributed by atoms with Gasteiger partial charge in [0.15, 0.2) is 5.60 Å². The Morgan fingerprint density at radius 1 is 0.537 bits per heavy atom. The van der Waals surface area contributed by atoms with E-state index in [4.69, 9.17) is 4.74 Å². The summed E-state index contributed by atoms with van der Waals surface area (Å²) in [5.41, 5.74) is -1.23. The number of carbonyl (C=O) groups is 1. The first-order chi connectivity index (χ1) is 19.8. The fraction of sp³-hybridized carbons (Fsp3) is 0.114. The van der Waals surface area contributed by atoms with Crippen molar-refractivity contribution in [2.45, 2.75) is 17.3 Å². The summed E-state index contributed by atoms with van der Waals surface area (Å²) < 4.78 is 47.6. The molecule has 5 aromatic rings. The molecule has 0 fully saturated rings. The van der Waals surface area contributed by atoms with Crippen LogP contribution in [0.5, 0.6) is 0 Å². The Bertz CT molecular complexity index is 1490. The number of ether oxygens (including phenoxy) is 1. The van der Waals surface area contributed by atoms with Crippen molar-refractivity contribution in [1.29, 1.82) is 0 Å². The summed E-state index contributed by atoms with van der Waals surface area (Å²) in [4.78, 5) is 14.9. The normalized spacial score (nSPS) is 13.3. The van der Waals surface area contributed by atoms with Crippen LogP contribution in [0.1, 0.15) is 33.4 Å². The smallest absolute Gasteiger partial charge is 0.359 e. The number of benzene rings is 5. The minimum atomic E-state index is -4.61. The summed E-state index contributed by atoms with van der Waals surface area (Å²) in [5, 5.41) is 3.28. The average molecular weight is 552 g/mol. The second kappa shape index (κ2) is 11.4.